The Morgan fingerprint density at radius 1 is 1.45 bits per heavy atom. The van der Waals surface area contributed by atoms with Crippen molar-refractivity contribution in [2.45, 2.75) is 20.3 Å². The van der Waals surface area contributed by atoms with Gasteiger partial charge in [0.25, 0.3) is 0 Å². The zero-order chi connectivity index (χ0) is 16.1. The molecule has 0 N–H and O–H groups in total. The minimum atomic E-state index is -0.288. The van der Waals surface area contributed by atoms with Crippen LogP contribution in [-0.2, 0) is 11.2 Å². The number of amides is 1. The number of nitrogens with zero attached hydrogens (tertiary/aromatic N) is 2. The maximum absolute atomic E-state index is 13.3. The third kappa shape index (κ3) is 4.24. The number of carbonyl (C=O) groups is 1. The first-order chi connectivity index (χ1) is 10.5. The molecule has 0 unspecified atom stereocenters. The molecule has 0 bridgehead atoms. The lowest BCUT2D eigenvalue weighted by molar-refractivity contribution is -0.129. The Morgan fingerprint density at radius 2 is 2.23 bits per heavy atom. The van der Waals surface area contributed by atoms with Crippen LogP contribution in [0.4, 0.5) is 4.39 Å². The summed E-state index contributed by atoms with van der Waals surface area (Å²) in [6.07, 6.45) is 0.257. The maximum atomic E-state index is 13.3. The number of likely N-dealkylation sites (N-methyl/N-ethyl adjacent to an activating group) is 1. The molecule has 0 aliphatic rings. The maximum Gasteiger partial charge on any atom is 0.228 e. The van der Waals surface area contributed by atoms with E-state index in [2.05, 4.69) is 11.6 Å². The summed E-state index contributed by atoms with van der Waals surface area (Å²) >= 11 is 1.42. The zero-order valence-corrected chi connectivity index (χ0v) is 13.6. The highest BCUT2D eigenvalue weighted by atomic mass is 32.1. The van der Waals surface area contributed by atoms with Gasteiger partial charge in [0, 0.05) is 24.0 Å². The number of thiazole rings is 1. The monoisotopic (exact) mass is 318 g/mol. The summed E-state index contributed by atoms with van der Waals surface area (Å²) in [6.45, 7) is 8.90. The van der Waals surface area contributed by atoms with Crippen molar-refractivity contribution in [3.05, 3.63) is 53.3 Å². The second-order valence-corrected chi connectivity index (χ2v) is 6.05. The minimum absolute atomic E-state index is 0.0293. The molecule has 2 aromatic rings. The highest BCUT2D eigenvalue weighted by Crippen LogP contribution is 2.24. The number of hydrogen-bond donors (Lipinski definition) is 0. The second kappa shape index (κ2) is 7.31. The smallest absolute Gasteiger partial charge is 0.228 e. The molecule has 0 fully saturated rings. The van der Waals surface area contributed by atoms with Crippen molar-refractivity contribution in [2.24, 2.45) is 0 Å². The molecule has 0 saturated carbocycles. The molecule has 1 amide bonds. The third-order valence-electron chi connectivity index (χ3n) is 3.15. The van der Waals surface area contributed by atoms with Crippen molar-refractivity contribution >= 4 is 17.2 Å². The van der Waals surface area contributed by atoms with Gasteiger partial charge in [0.15, 0.2) is 0 Å². The molecule has 5 heteroatoms. The topological polar surface area (TPSA) is 33.2 Å². The van der Waals surface area contributed by atoms with Crippen LogP contribution >= 0.6 is 11.3 Å². The van der Waals surface area contributed by atoms with E-state index in [1.54, 1.807) is 11.0 Å². The van der Waals surface area contributed by atoms with Gasteiger partial charge in [-0.05, 0) is 26.0 Å². The van der Waals surface area contributed by atoms with E-state index in [1.807, 2.05) is 25.3 Å². The summed E-state index contributed by atoms with van der Waals surface area (Å²) < 4.78 is 13.3. The number of hydrogen-bond acceptors (Lipinski definition) is 3. The first-order valence-electron chi connectivity index (χ1n) is 7.12. The van der Waals surface area contributed by atoms with Crippen LogP contribution < -0.4 is 0 Å². The average molecular weight is 318 g/mol. The van der Waals surface area contributed by atoms with Crippen LogP contribution in [0.2, 0.25) is 0 Å². The van der Waals surface area contributed by atoms with E-state index in [9.17, 15) is 9.18 Å². The fourth-order valence-corrected chi connectivity index (χ4v) is 2.93. The molecule has 1 heterocycles. The SMILES string of the molecule is C=C(C)CN(CC)C(=O)Cc1csc(-c2cccc(F)c2)n1. The Labute approximate surface area is 134 Å². The van der Waals surface area contributed by atoms with Gasteiger partial charge in [-0.1, -0.05) is 24.3 Å². The van der Waals surface area contributed by atoms with Crippen LogP contribution in [0.5, 0.6) is 0 Å². The molecule has 3 nitrogen and oxygen atoms in total. The summed E-state index contributed by atoms with van der Waals surface area (Å²) in [7, 11) is 0. The van der Waals surface area contributed by atoms with E-state index >= 15 is 0 Å². The first-order valence-corrected chi connectivity index (χ1v) is 8.00. The number of benzene rings is 1. The highest BCUT2D eigenvalue weighted by molar-refractivity contribution is 7.13. The molecular weight excluding hydrogens is 299 g/mol. The zero-order valence-electron chi connectivity index (χ0n) is 12.8. The molecule has 0 radical (unpaired) electrons. The van der Waals surface area contributed by atoms with Crippen LogP contribution in [0.1, 0.15) is 19.5 Å². The van der Waals surface area contributed by atoms with Crippen molar-refractivity contribution in [1.82, 2.24) is 9.88 Å². The van der Waals surface area contributed by atoms with E-state index in [0.717, 1.165) is 21.8 Å². The second-order valence-electron chi connectivity index (χ2n) is 5.20. The first kappa shape index (κ1) is 16.4. The summed E-state index contributed by atoms with van der Waals surface area (Å²) in [6, 6.07) is 6.32. The predicted octanol–water partition coefficient (Wildman–Crippen LogP) is 3.92. The molecule has 0 atom stereocenters. The van der Waals surface area contributed by atoms with Crippen LogP contribution in [0.15, 0.2) is 41.8 Å². The molecule has 0 aliphatic heterocycles. The molecular formula is C17H19FN2OS. The van der Waals surface area contributed by atoms with Gasteiger partial charge in [-0.25, -0.2) is 9.37 Å². The Morgan fingerprint density at radius 3 is 2.86 bits per heavy atom. The summed E-state index contributed by atoms with van der Waals surface area (Å²) in [4.78, 5) is 18.5. The molecule has 1 aromatic carbocycles. The Bertz CT molecular complexity index is 681. The lowest BCUT2D eigenvalue weighted by atomic mass is 10.2. The van der Waals surface area contributed by atoms with E-state index in [0.29, 0.717) is 13.1 Å². The summed E-state index contributed by atoms with van der Waals surface area (Å²) in [5, 5.41) is 2.58. The van der Waals surface area contributed by atoms with E-state index in [4.69, 9.17) is 0 Å². The van der Waals surface area contributed by atoms with Crippen LogP contribution in [-0.4, -0.2) is 28.9 Å². The van der Waals surface area contributed by atoms with E-state index < -0.39 is 0 Å². The van der Waals surface area contributed by atoms with Crippen molar-refractivity contribution in [3.63, 3.8) is 0 Å². The fraction of sp³-hybridized carbons (Fsp3) is 0.294. The van der Waals surface area contributed by atoms with Crippen LogP contribution in [0.3, 0.4) is 0 Å². The quantitative estimate of drug-likeness (QED) is 0.756. The predicted molar refractivity (Wildman–Crippen MR) is 88.3 cm³/mol. The van der Waals surface area contributed by atoms with Crippen molar-refractivity contribution in [1.29, 1.82) is 0 Å². The lowest BCUT2D eigenvalue weighted by Crippen LogP contribution is -2.33. The summed E-state index contributed by atoms with van der Waals surface area (Å²) in [5.41, 5.74) is 2.40. The van der Waals surface area contributed by atoms with Gasteiger partial charge in [0.05, 0.1) is 12.1 Å². The molecule has 116 valence electrons. The Balaban J connectivity index is 2.08. The van der Waals surface area contributed by atoms with Gasteiger partial charge in [0.1, 0.15) is 10.8 Å². The number of aromatic nitrogens is 1. The molecule has 0 spiro atoms. The van der Waals surface area contributed by atoms with Crippen molar-refractivity contribution in [2.75, 3.05) is 13.1 Å². The van der Waals surface area contributed by atoms with Crippen LogP contribution in [0, 0.1) is 5.82 Å². The van der Waals surface area contributed by atoms with E-state index in [-0.39, 0.29) is 18.1 Å². The molecule has 22 heavy (non-hydrogen) atoms. The Hall–Kier alpha value is -2.01. The molecule has 2 rings (SSSR count). The average Bonchev–Trinajstić information content (AvgIpc) is 2.93. The lowest BCUT2D eigenvalue weighted by Gasteiger charge is -2.20. The fourth-order valence-electron chi connectivity index (χ4n) is 2.11. The van der Waals surface area contributed by atoms with Gasteiger partial charge in [-0.15, -0.1) is 11.3 Å². The molecule has 1 aromatic heterocycles. The number of carbonyl (C=O) groups excluding carboxylic acids is 1. The minimum Gasteiger partial charge on any atom is -0.339 e. The largest absolute Gasteiger partial charge is 0.339 e. The van der Waals surface area contributed by atoms with Gasteiger partial charge in [0.2, 0.25) is 5.91 Å². The van der Waals surface area contributed by atoms with Gasteiger partial charge in [-0.2, -0.15) is 0 Å². The molecule has 0 aliphatic carbocycles. The van der Waals surface area contributed by atoms with Gasteiger partial charge >= 0.3 is 0 Å². The van der Waals surface area contributed by atoms with Crippen molar-refractivity contribution < 1.29 is 9.18 Å². The normalized spacial score (nSPS) is 10.5. The summed E-state index contributed by atoms with van der Waals surface area (Å²) in [5.74, 6) is -0.259. The van der Waals surface area contributed by atoms with Gasteiger partial charge < -0.3 is 4.90 Å². The molecule has 0 saturated heterocycles. The standard InChI is InChI=1S/C17H19FN2OS/c1-4-20(10-12(2)3)16(21)9-15-11-22-17(19-15)13-6-5-7-14(18)8-13/h5-8,11H,2,4,9-10H2,1,3H3. The van der Waals surface area contributed by atoms with E-state index in [1.165, 1.54) is 23.5 Å². The third-order valence-corrected chi connectivity index (χ3v) is 4.09. The Kier molecular flexibility index (Phi) is 5.44. The van der Waals surface area contributed by atoms with Gasteiger partial charge in [-0.3, -0.25) is 4.79 Å². The number of rotatable bonds is 6. The highest BCUT2D eigenvalue weighted by Gasteiger charge is 2.14. The number of halogens is 1. The van der Waals surface area contributed by atoms with Crippen LogP contribution in [0.25, 0.3) is 10.6 Å². The van der Waals surface area contributed by atoms with Crippen molar-refractivity contribution in [3.8, 4) is 10.6 Å².